The van der Waals surface area contributed by atoms with Gasteiger partial charge in [0.25, 0.3) is 0 Å². The van der Waals surface area contributed by atoms with E-state index in [2.05, 4.69) is 10.3 Å². The average Bonchev–Trinajstić information content (AvgIpc) is 3.26. The summed E-state index contributed by atoms with van der Waals surface area (Å²) in [6.45, 7) is 0.422. The van der Waals surface area contributed by atoms with Crippen LogP contribution in [0.4, 0.5) is 15.8 Å². The number of thiazole rings is 1. The fourth-order valence-corrected chi connectivity index (χ4v) is 4.47. The molecule has 0 aliphatic carbocycles. The van der Waals surface area contributed by atoms with Crippen molar-refractivity contribution in [3.8, 4) is 5.88 Å². The predicted molar refractivity (Wildman–Crippen MR) is 122 cm³/mol. The smallest absolute Gasteiger partial charge is 0.224 e. The van der Waals surface area contributed by atoms with Crippen LogP contribution in [0.2, 0.25) is 0 Å². The normalized spacial score (nSPS) is 13.6. The number of hydrogen-bond donors (Lipinski definition) is 2. The Kier molecular flexibility index (Phi) is 5.87. The zero-order valence-electron chi connectivity index (χ0n) is 15.8. The first kappa shape index (κ1) is 20.2. The molecule has 8 heteroatoms. The third-order valence-corrected chi connectivity index (χ3v) is 6.04. The second kappa shape index (κ2) is 8.73. The molecule has 2 aromatic carbocycles. The number of aromatic hydroxyl groups is 1. The van der Waals surface area contributed by atoms with E-state index in [0.29, 0.717) is 27.5 Å². The van der Waals surface area contributed by atoms with Crippen molar-refractivity contribution in [2.24, 2.45) is 4.99 Å². The van der Waals surface area contributed by atoms with E-state index in [4.69, 9.17) is 12.2 Å². The van der Waals surface area contributed by atoms with Crippen molar-refractivity contribution in [3.05, 3.63) is 68.7 Å². The lowest BCUT2D eigenvalue weighted by atomic mass is 10.1. The van der Waals surface area contributed by atoms with Crippen molar-refractivity contribution >= 4 is 58.7 Å². The average molecular weight is 440 g/mol. The first-order valence-corrected chi connectivity index (χ1v) is 10.6. The van der Waals surface area contributed by atoms with Gasteiger partial charge in [0.15, 0.2) is 3.95 Å². The molecule has 2 N–H and O–H groups in total. The third kappa shape index (κ3) is 4.39. The van der Waals surface area contributed by atoms with E-state index < -0.39 is 0 Å². The van der Waals surface area contributed by atoms with E-state index in [9.17, 15) is 14.3 Å². The van der Waals surface area contributed by atoms with Crippen molar-refractivity contribution in [2.75, 3.05) is 5.32 Å². The van der Waals surface area contributed by atoms with Crippen LogP contribution in [0.3, 0.4) is 0 Å². The number of nitrogens with zero attached hydrogens (tertiary/aromatic N) is 2. The summed E-state index contributed by atoms with van der Waals surface area (Å²) in [5, 5.41) is 13.3. The summed E-state index contributed by atoms with van der Waals surface area (Å²) in [7, 11) is 0. The van der Waals surface area contributed by atoms with Crippen LogP contribution in [0.1, 0.15) is 23.3 Å². The maximum atomic E-state index is 12.9. The molecule has 0 saturated carbocycles. The van der Waals surface area contributed by atoms with Gasteiger partial charge in [-0.2, -0.15) is 0 Å². The van der Waals surface area contributed by atoms with Gasteiger partial charge >= 0.3 is 0 Å². The molecule has 0 bridgehead atoms. The number of nitrogens with one attached hydrogen (secondary N) is 1. The number of anilines is 1. The summed E-state index contributed by atoms with van der Waals surface area (Å²) in [6, 6.07) is 13.4. The molecule has 1 aliphatic heterocycles. The fourth-order valence-electron chi connectivity index (χ4n) is 3.16. The van der Waals surface area contributed by atoms with E-state index in [1.54, 1.807) is 10.8 Å². The molecule has 1 amide bonds. The van der Waals surface area contributed by atoms with Gasteiger partial charge in [-0.15, -0.1) is 11.3 Å². The van der Waals surface area contributed by atoms with Crippen LogP contribution in [-0.4, -0.2) is 21.8 Å². The van der Waals surface area contributed by atoms with E-state index in [1.165, 1.54) is 35.6 Å². The summed E-state index contributed by atoms with van der Waals surface area (Å²) in [5.41, 5.74) is 3.38. The van der Waals surface area contributed by atoms with E-state index in [0.717, 1.165) is 16.8 Å². The molecule has 3 aromatic rings. The fraction of sp³-hybridized carbons (Fsp3) is 0.136. The second-order valence-electron chi connectivity index (χ2n) is 6.74. The Labute approximate surface area is 181 Å². The van der Waals surface area contributed by atoms with Crippen LogP contribution in [0.5, 0.6) is 5.88 Å². The number of aliphatic imine (C=N–C) groups is 1. The molecule has 0 saturated heterocycles. The molecule has 1 aliphatic rings. The van der Waals surface area contributed by atoms with Gasteiger partial charge in [0.2, 0.25) is 11.8 Å². The number of fused-ring (bicyclic) bond motifs is 1. The number of aromatic nitrogens is 1. The largest absolute Gasteiger partial charge is 0.493 e. The molecule has 5 nitrogen and oxygen atoms in total. The Balaban J connectivity index is 1.40. The highest BCUT2D eigenvalue weighted by molar-refractivity contribution is 7.73. The Morgan fingerprint density at radius 2 is 2.00 bits per heavy atom. The molecule has 0 fully saturated rings. The third-order valence-electron chi connectivity index (χ3n) is 4.65. The topological polar surface area (TPSA) is 66.6 Å². The molecule has 30 heavy (non-hydrogen) atoms. The molecule has 2 heterocycles. The number of carbonyl (C=O) groups is 1. The number of allylic oxidation sites excluding steroid dienone is 1. The van der Waals surface area contributed by atoms with Crippen LogP contribution >= 0.6 is 23.6 Å². The van der Waals surface area contributed by atoms with E-state index >= 15 is 0 Å². The molecule has 0 unspecified atom stereocenters. The number of para-hydroxylation sites is 1. The SMILES string of the molecule is O=C(CCCn1c(O)c(/C=C2/C=Nc3ccccc32)sc1=S)Nc1ccc(F)cc1. The summed E-state index contributed by atoms with van der Waals surface area (Å²) in [5.74, 6) is -0.438. The van der Waals surface area contributed by atoms with Crippen molar-refractivity contribution in [1.82, 2.24) is 4.57 Å². The number of amides is 1. The second-order valence-corrected chi connectivity index (χ2v) is 8.42. The highest BCUT2D eigenvalue weighted by Gasteiger charge is 2.15. The van der Waals surface area contributed by atoms with E-state index in [-0.39, 0.29) is 24.0 Å². The van der Waals surface area contributed by atoms with Crippen molar-refractivity contribution in [3.63, 3.8) is 0 Å². The number of carbonyl (C=O) groups excluding carboxylic acids is 1. The van der Waals surface area contributed by atoms with Crippen LogP contribution < -0.4 is 5.32 Å². The zero-order valence-corrected chi connectivity index (χ0v) is 17.5. The highest BCUT2D eigenvalue weighted by atomic mass is 32.1. The summed E-state index contributed by atoms with van der Waals surface area (Å²) < 4.78 is 15.1. The maximum Gasteiger partial charge on any atom is 0.224 e. The standard InChI is InChI=1S/C22H18FN3O2S2/c23-15-7-9-16(10-8-15)25-20(27)6-3-11-26-21(28)19(30-22(26)29)12-14-13-24-18-5-2-1-4-17(14)18/h1-2,4-5,7-10,12-13,28H,3,6,11H2,(H,25,27)/b14-12-. The van der Waals surface area contributed by atoms with Crippen LogP contribution in [0.15, 0.2) is 53.5 Å². The molecule has 1 aromatic heterocycles. The zero-order chi connectivity index (χ0) is 21.1. The molecule has 0 atom stereocenters. The minimum Gasteiger partial charge on any atom is -0.493 e. The molecule has 152 valence electrons. The molecule has 4 rings (SSSR count). The van der Waals surface area contributed by atoms with E-state index in [1.807, 2.05) is 30.3 Å². The van der Waals surface area contributed by atoms with Gasteiger partial charge < -0.3 is 10.4 Å². The highest BCUT2D eigenvalue weighted by Crippen LogP contribution is 2.35. The maximum absolute atomic E-state index is 12.9. The Bertz CT molecular complexity index is 1210. The first-order valence-electron chi connectivity index (χ1n) is 9.34. The lowest BCUT2D eigenvalue weighted by molar-refractivity contribution is -0.116. The number of benzene rings is 2. The molecule has 0 spiro atoms. The van der Waals surface area contributed by atoms with Crippen LogP contribution in [0, 0.1) is 9.77 Å². The van der Waals surface area contributed by atoms with Gasteiger partial charge in [-0.1, -0.05) is 18.2 Å². The van der Waals surface area contributed by atoms with Gasteiger partial charge in [0.1, 0.15) is 5.82 Å². The number of rotatable bonds is 6. The number of halogens is 1. The van der Waals surface area contributed by atoms with Gasteiger partial charge in [0.05, 0.1) is 10.6 Å². The summed E-state index contributed by atoms with van der Waals surface area (Å²) in [6.07, 6.45) is 4.41. The minimum atomic E-state index is -0.353. The lowest BCUT2D eigenvalue weighted by Gasteiger charge is -2.07. The van der Waals surface area contributed by atoms with Crippen molar-refractivity contribution in [1.29, 1.82) is 0 Å². The van der Waals surface area contributed by atoms with Gasteiger partial charge in [-0.25, -0.2) is 4.39 Å². The summed E-state index contributed by atoms with van der Waals surface area (Å²) in [4.78, 5) is 17.1. The monoisotopic (exact) mass is 439 g/mol. The molecule has 0 radical (unpaired) electrons. The first-order chi connectivity index (χ1) is 14.5. The Hall–Kier alpha value is -3.10. The van der Waals surface area contributed by atoms with Crippen molar-refractivity contribution in [2.45, 2.75) is 19.4 Å². The predicted octanol–water partition coefficient (Wildman–Crippen LogP) is 5.80. The van der Waals surface area contributed by atoms with Gasteiger partial charge in [-0.05, 0) is 55.0 Å². The van der Waals surface area contributed by atoms with Crippen LogP contribution in [0.25, 0.3) is 11.6 Å². The Morgan fingerprint density at radius 3 is 2.80 bits per heavy atom. The molecular formula is C22H18FN3O2S2. The minimum absolute atomic E-state index is 0.0919. The molecular weight excluding hydrogens is 421 g/mol. The number of hydrogen-bond acceptors (Lipinski definition) is 5. The lowest BCUT2D eigenvalue weighted by Crippen LogP contribution is -2.12. The van der Waals surface area contributed by atoms with Gasteiger partial charge in [0, 0.05) is 36.0 Å². The van der Waals surface area contributed by atoms with Crippen molar-refractivity contribution < 1.29 is 14.3 Å². The summed E-state index contributed by atoms with van der Waals surface area (Å²) >= 11 is 6.72. The quantitative estimate of drug-likeness (QED) is 0.477. The van der Waals surface area contributed by atoms with Crippen LogP contribution in [-0.2, 0) is 11.3 Å². The Morgan fingerprint density at radius 1 is 1.23 bits per heavy atom. The van der Waals surface area contributed by atoms with Gasteiger partial charge in [-0.3, -0.25) is 14.4 Å².